The highest BCUT2D eigenvalue weighted by molar-refractivity contribution is 7.91. The van der Waals surface area contributed by atoms with E-state index in [-0.39, 0.29) is 16.3 Å². The van der Waals surface area contributed by atoms with E-state index < -0.39 is 15.7 Å². The van der Waals surface area contributed by atoms with Crippen LogP contribution in [-0.2, 0) is 9.84 Å². The molecule has 0 heterocycles. The highest BCUT2D eigenvalue weighted by atomic mass is 32.2. The van der Waals surface area contributed by atoms with Crippen LogP contribution in [-0.4, -0.2) is 14.2 Å². The first-order valence-corrected chi connectivity index (χ1v) is 7.40. The molecule has 2 N–H and O–H groups in total. The molecule has 0 radical (unpaired) electrons. The first-order chi connectivity index (χ1) is 7.95. The molecule has 0 amide bonds. The van der Waals surface area contributed by atoms with Gasteiger partial charge in [-0.3, -0.25) is 0 Å². The van der Waals surface area contributed by atoms with E-state index in [1.54, 1.807) is 0 Å². The Morgan fingerprint density at radius 2 is 1.88 bits per heavy atom. The van der Waals surface area contributed by atoms with Gasteiger partial charge in [0.15, 0.2) is 9.84 Å². The zero-order valence-corrected chi connectivity index (χ0v) is 10.8. The second kappa shape index (κ2) is 6.00. The summed E-state index contributed by atoms with van der Waals surface area (Å²) in [5, 5.41) is 0. The first-order valence-electron chi connectivity index (χ1n) is 5.74. The molecule has 0 aliphatic rings. The SMILES string of the molecule is CCCCCCS(=O)(=O)c1cc(N)cc(F)c1. The maximum Gasteiger partial charge on any atom is 0.178 e. The molecule has 96 valence electrons. The van der Waals surface area contributed by atoms with Crippen molar-refractivity contribution in [2.24, 2.45) is 0 Å². The second-order valence-corrected chi connectivity index (χ2v) is 6.21. The van der Waals surface area contributed by atoms with E-state index in [4.69, 9.17) is 5.73 Å². The summed E-state index contributed by atoms with van der Waals surface area (Å²) in [5.41, 5.74) is 5.56. The lowest BCUT2D eigenvalue weighted by Gasteiger charge is -2.05. The highest BCUT2D eigenvalue weighted by Gasteiger charge is 2.15. The minimum atomic E-state index is -3.41. The Bertz CT molecular complexity index is 451. The Labute approximate surface area is 102 Å². The number of nitrogen functional groups attached to an aromatic ring is 1. The quantitative estimate of drug-likeness (QED) is 0.631. The van der Waals surface area contributed by atoms with E-state index in [0.717, 1.165) is 31.4 Å². The van der Waals surface area contributed by atoms with Gasteiger partial charge in [0.05, 0.1) is 10.6 Å². The van der Waals surface area contributed by atoms with Crippen molar-refractivity contribution in [2.75, 3.05) is 11.5 Å². The Hall–Kier alpha value is -1.10. The molecule has 5 heteroatoms. The van der Waals surface area contributed by atoms with Crippen LogP contribution in [0.25, 0.3) is 0 Å². The van der Waals surface area contributed by atoms with Crippen molar-refractivity contribution in [1.29, 1.82) is 0 Å². The number of nitrogens with two attached hydrogens (primary N) is 1. The van der Waals surface area contributed by atoms with Crippen LogP contribution in [0.3, 0.4) is 0 Å². The monoisotopic (exact) mass is 259 g/mol. The molecule has 0 aromatic heterocycles. The largest absolute Gasteiger partial charge is 0.399 e. The molecule has 0 bridgehead atoms. The maximum absolute atomic E-state index is 13.1. The molecule has 0 aliphatic heterocycles. The lowest BCUT2D eigenvalue weighted by Crippen LogP contribution is -2.08. The average Bonchev–Trinajstić information content (AvgIpc) is 2.23. The molecule has 0 atom stereocenters. The zero-order valence-electron chi connectivity index (χ0n) is 9.95. The lowest BCUT2D eigenvalue weighted by atomic mass is 10.2. The van der Waals surface area contributed by atoms with E-state index in [2.05, 4.69) is 6.92 Å². The topological polar surface area (TPSA) is 60.2 Å². The number of benzene rings is 1. The van der Waals surface area contributed by atoms with Gasteiger partial charge in [0.2, 0.25) is 0 Å². The fourth-order valence-corrected chi connectivity index (χ4v) is 3.03. The molecule has 0 spiro atoms. The number of rotatable bonds is 6. The van der Waals surface area contributed by atoms with Gasteiger partial charge in [-0.05, 0) is 24.6 Å². The van der Waals surface area contributed by atoms with Crippen LogP contribution in [0.4, 0.5) is 10.1 Å². The summed E-state index contributed by atoms with van der Waals surface area (Å²) in [6, 6.07) is 3.43. The summed E-state index contributed by atoms with van der Waals surface area (Å²) in [5.74, 6) is -0.562. The molecule has 0 saturated heterocycles. The summed E-state index contributed by atoms with van der Waals surface area (Å²) in [7, 11) is -3.41. The van der Waals surface area contributed by atoms with Gasteiger partial charge in [-0.2, -0.15) is 0 Å². The van der Waals surface area contributed by atoms with Gasteiger partial charge in [-0.25, -0.2) is 12.8 Å². The van der Waals surface area contributed by atoms with Gasteiger partial charge in [0.1, 0.15) is 5.82 Å². The fraction of sp³-hybridized carbons (Fsp3) is 0.500. The third kappa shape index (κ3) is 4.34. The summed E-state index contributed by atoms with van der Waals surface area (Å²) < 4.78 is 36.8. The van der Waals surface area contributed by atoms with Gasteiger partial charge in [0.25, 0.3) is 0 Å². The lowest BCUT2D eigenvalue weighted by molar-refractivity contribution is 0.585. The maximum atomic E-state index is 13.1. The van der Waals surface area contributed by atoms with Crippen molar-refractivity contribution in [2.45, 2.75) is 37.5 Å². The molecule has 0 unspecified atom stereocenters. The number of unbranched alkanes of at least 4 members (excludes halogenated alkanes) is 3. The molecule has 1 aromatic carbocycles. The van der Waals surface area contributed by atoms with Crippen molar-refractivity contribution in [3.63, 3.8) is 0 Å². The third-order valence-electron chi connectivity index (χ3n) is 2.52. The highest BCUT2D eigenvalue weighted by Crippen LogP contribution is 2.18. The standard InChI is InChI=1S/C12H18FNO2S/c1-2-3-4-5-6-17(15,16)12-8-10(13)7-11(14)9-12/h7-9H,2-6,14H2,1H3. The molecular weight excluding hydrogens is 241 g/mol. The Morgan fingerprint density at radius 3 is 2.47 bits per heavy atom. The Kier molecular flexibility index (Phi) is 4.93. The average molecular weight is 259 g/mol. The number of hydrogen-bond acceptors (Lipinski definition) is 3. The van der Waals surface area contributed by atoms with Crippen LogP contribution < -0.4 is 5.73 Å². The van der Waals surface area contributed by atoms with Crippen LogP contribution in [0.2, 0.25) is 0 Å². The van der Waals surface area contributed by atoms with Crippen molar-refractivity contribution < 1.29 is 12.8 Å². The van der Waals surface area contributed by atoms with Gasteiger partial charge in [-0.15, -0.1) is 0 Å². The molecule has 3 nitrogen and oxygen atoms in total. The van der Waals surface area contributed by atoms with E-state index in [1.165, 1.54) is 6.07 Å². The predicted molar refractivity (Wildman–Crippen MR) is 67.0 cm³/mol. The Balaban J connectivity index is 2.75. The number of hydrogen-bond donors (Lipinski definition) is 1. The third-order valence-corrected chi connectivity index (χ3v) is 4.30. The molecule has 1 aromatic rings. The summed E-state index contributed by atoms with van der Waals surface area (Å²) in [4.78, 5) is -0.0218. The van der Waals surface area contributed by atoms with Crippen LogP contribution in [0.1, 0.15) is 32.6 Å². The fourth-order valence-electron chi connectivity index (χ4n) is 1.60. The van der Waals surface area contributed by atoms with E-state index in [1.807, 2.05) is 0 Å². The predicted octanol–water partition coefficient (Wildman–Crippen LogP) is 2.76. The van der Waals surface area contributed by atoms with Gasteiger partial charge < -0.3 is 5.73 Å². The molecule has 0 aliphatic carbocycles. The first kappa shape index (κ1) is 14.0. The summed E-state index contributed by atoms with van der Waals surface area (Å²) in [6.45, 7) is 2.06. The van der Waals surface area contributed by atoms with Crippen molar-refractivity contribution in [3.8, 4) is 0 Å². The minimum absolute atomic E-state index is 0.0218. The van der Waals surface area contributed by atoms with Crippen molar-refractivity contribution >= 4 is 15.5 Å². The van der Waals surface area contributed by atoms with Crippen LogP contribution in [0, 0.1) is 5.82 Å². The number of halogens is 1. The Morgan fingerprint density at radius 1 is 1.18 bits per heavy atom. The van der Waals surface area contributed by atoms with Gasteiger partial charge >= 0.3 is 0 Å². The summed E-state index contributed by atoms with van der Waals surface area (Å²) in [6.07, 6.45) is 3.54. The van der Waals surface area contributed by atoms with Crippen molar-refractivity contribution in [3.05, 3.63) is 24.0 Å². The van der Waals surface area contributed by atoms with Gasteiger partial charge in [-0.1, -0.05) is 26.2 Å². The van der Waals surface area contributed by atoms with Crippen LogP contribution in [0.5, 0.6) is 0 Å². The van der Waals surface area contributed by atoms with Crippen LogP contribution >= 0.6 is 0 Å². The van der Waals surface area contributed by atoms with E-state index in [9.17, 15) is 12.8 Å². The zero-order chi connectivity index (χ0) is 12.9. The van der Waals surface area contributed by atoms with Crippen molar-refractivity contribution in [1.82, 2.24) is 0 Å². The molecular formula is C12H18FNO2S. The van der Waals surface area contributed by atoms with Gasteiger partial charge in [0, 0.05) is 5.69 Å². The number of sulfone groups is 1. The molecule has 0 saturated carbocycles. The molecule has 17 heavy (non-hydrogen) atoms. The molecule has 0 fully saturated rings. The second-order valence-electron chi connectivity index (χ2n) is 4.10. The number of anilines is 1. The molecule has 1 rings (SSSR count). The normalized spacial score (nSPS) is 11.6. The van der Waals surface area contributed by atoms with E-state index >= 15 is 0 Å². The smallest absolute Gasteiger partial charge is 0.178 e. The van der Waals surface area contributed by atoms with Crippen LogP contribution in [0.15, 0.2) is 23.1 Å². The minimum Gasteiger partial charge on any atom is -0.399 e. The summed E-state index contributed by atoms with van der Waals surface area (Å²) >= 11 is 0. The van der Waals surface area contributed by atoms with E-state index in [0.29, 0.717) is 6.42 Å².